The van der Waals surface area contributed by atoms with Crippen molar-refractivity contribution >= 4 is 26.8 Å². The molecule has 0 aliphatic heterocycles. The molecule has 2 rings (SSSR count). The molecule has 1 N–H and O–H groups in total. The molecular formula is C13H26N4Si2. The number of aromatic amines is 1. The fourth-order valence-electron chi connectivity index (χ4n) is 1.49. The Kier molecular flexibility index (Phi) is 4.92. The van der Waals surface area contributed by atoms with E-state index in [1.807, 2.05) is 24.1 Å². The molecule has 0 radical (unpaired) electrons. The molecule has 2 heterocycles. The molecular weight excluding hydrogens is 268 g/mol. The van der Waals surface area contributed by atoms with Crippen LogP contribution in [0.25, 0.3) is 0 Å². The molecule has 2 aromatic rings. The molecule has 0 aliphatic carbocycles. The third kappa shape index (κ3) is 5.16. The molecule has 0 saturated carbocycles. The van der Waals surface area contributed by atoms with Crippen LogP contribution in [-0.4, -0.2) is 36.1 Å². The van der Waals surface area contributed by atoms with Crippen molar-refractivity contribution in [3.8, 4) is 0 Å². The highest BCUT2D eigenvalue weighted by Gasteiger charge is 2.18. The lowest BCUT2D eigenvalue weighted by atomic mass is 10.7. The number of hydrogen-bond donors (Lipinski definition) is 1. The lowest BCUT2D eigenvalue weighted by Gasteiger charge is -2.11. The van der Waals surface area contributed by atoms with Crippen LogP contribution < -0.4 is 10.6 Å². The van der Waals surface area contributed by atoms with Gasteiger partial charge in [-0.15, -0.1) is 0 Å². The summed E-state index contributed by atoms with van der Waals surface area (Å²) in [5.74, 6) is 0. The maximum Gasteiger partial charge on any atom is 0.104 e. The van der Waals surface area contributed by atoms with Gasteiger partial charge in [0.25, 0.3) is 0 Å². The zero-order valence-electron chi connectivity index (χ0n) is 13.2. The second kappa shape index (κ2) is 5.87. The van der Waals surface area contributed by atoms with Gasteiger partial charge in [-0.2, -0.15) is 10.2 Å². The second-order valence-electron chi connectivity index (χ2n) is 6.84. The monoisotopic (exact) mass is 294 g/mol. The molecule has 4 nitrogen and oxygen atoms in total. The topological polar surface area (TPSA) is 46.5 Å². The van der Waals surface area contributed by atoms with Crippen molar-refractivity contribution in [2.24, 2.45) is 7.05 Å². The molecule has 106 valence electrons. The van der Waals surface area contributed by atoms with Gasteiger partial charge in [0, 0.05) is 30.1 Å². The summed E-state index contributed by atoms with van der Waals surface area (Å²) < 4.78 is 1.87. The maximum atomic E-state index is 4.36. The number of nitrogens with one attached hydrogen (secondary N) is 1. The normalized spacial score (nSPS) is 11.9. The molecule has 2 aromatic heterocycles. The van der Waals surface area contributed by atoms with E-state index in [9.17, 15) is 0 Å². The van der Waals surface area contributed by atoms with E-state index in [0.717, 1.165) is 0 Å². The Balaban J connectivity index is 0.000000191. The van der Waals surface area contributed by atoms with Crippen molar-refractivity contribution in [1.29, 1.82) is 0 Å². The molecule has 0 atom stereocenters. The van der Waals surface area contributed by atoms with Crippen molar-refractivity contribution in [1.82, 2.24) is 20.0 Å². The van der Waals surface area contributed by atoms with E-state index >= 15 is 0 Å². The van der Waals surface area contributed by atoms with Crippen LogP contribution in [0.5, 0.6) is 0 Å². The Labute approximate surface area is 118 Å². The third-order valence-electron chi connectivity index (χ3n) is 2.79. The summed E-state index contributed by atoms with van der Waals surface area (Å²) >= 11 is 0. The van der Waals surface area contributed by atoms with E-state index in [0.29, 0.717) is 0 Å². The van der Waals surface area contributed by atoms with E-state index in [1.165, 1.54) is 10.6 Å². The highest BCUT2D eigenvalue weighted by atomic mass is 28.3. The number of aryl methyl sites for hydroxylation is 1. The quantitative estimate of drug-likeness (QED) is 0.860. The predicted octanol–water partition coefficient (Wildman–Crippen LogP) is 1.92. The van der Waals surface area contributed by atoms with Gasteiger partial charge in [-0.1, -0.05) is 39.3 Å². The van der Waals surface area contributed by atoms with Crippen molar-refractivity contribution in [2.75, 3.05) is 0 Å². The van der Waals surface area contributed by atoms with Gasteiger partial charge >= 0.3 is 0 Å². The Hall–Kier alpha value is -1.15. The summed E-state index contributed by atoms with van der Waals surface area (Å²) in [7, 11) is -0.282. The van der Waals surface area contributed by atoms with Crippen LogP contribution in [0.3, 0.4) is 0 Å². The molecule has 0 spiro atoms. The fraction of sp³-hybridized carbons (Fsp3) is 0.538. The van der Waals surface area contributed by atoms with Gasteiger partial charge in [0.2, 0.25) is 0 Å². The Bertz CT molecular complexity index is 489. The molecule has 0 fully saturated rings. The van der Waals surface area contributed by atoms with Gasteiger partial charge in [-0.05, 0) is 12.1 Å². The second-order valence-corrected chi connectivity index (χ2v) is 16.9. The van der Waals surface area contributed by atoms with Crippen molar-refractivity contribution in [3.05, 3.63) is 24.5 Å². The molecule has 0 aromatic carbocycles. The number of H-pyrrole nitrogens is 1. The summed E-state index contributed by atoms with van der Waals surface area (Å²) in [6, 6.07) is 4.18. The SMILES string of the molecule is C[Si](C)(C)c1ccn[nH]1.Cn1ccc([Si](C)(C)C)n1. The highest BCUT2D eigenvalue weighted by molar-refractivity contribution is 6.88. The van der Waals surface area contributed by atoms with Gasteiger partial charge in [0.1, 0.15) is 16.1 Å². The molecule has 6 heteroatoms. The minimum Gasteiger partial charge on any atom is -0.287 e. The van der Waals surface area contributed by atoms with E-state index in [1.54, 1.807) is 0 Å². The third-order valence-corrected chi connectivity index (χ3v) is 6.49. The Morgan fingerprint density at radius 1 is 1.00 bits per heavy atom. The molecule has 0 amide bonds. The van der Waals surface area contributed by atoms with Crippen LogP contribution in [0.2, 0.25) is 39.3 Å². The molecule has 0 bridgehead atoms. The van der Waals surface area contributed by atoms with Crippen molar-refractivity contribution in [2.45, 2.75) is 39.3 Å². The summed E-state index contributed by atoms with van der Waals surface area (Å²) in [6.07, 6.45) is 3.82. The number of hydrogen-bond acceptors (Lipinski definition) is 2. The Morgan fingerprint density at radius 3 is 1.84 bits per heavy atom. The first-order valence-electron chi connectivity index (χ1n) is 6.60. The van der Waals surface area contributed by atoms with E-state index in [4.69, 9.17) is 0 Å². The first kappa shape index (κ1) is 15.9. The van der Waals surface area contributed by atoms with Crippen LogP contribution >= 0.6 is 0 Å². The van der Waals surface area contributed by atoms with Crippen LogP contribution in [0.15, 0.2) is 24.5 Å². The largest absolute Gasteiger partial charge is 0.287 e. The van der Waals surface area contributed by atoms with Gasteiger partial charge in [0.05, 0.1) is 0 Å². The predicted molar refractivity (Wildman–Crippen MR) is 87.8 cm³/mol. The zero-order valence-corrected chi connectivity index (χ0v) is 15.2. The van der Waals surface area contributed by atoms with Crippen LogP contribution in [0.1, 0.15) is 0 Å². The van der Waals surface area contributed by atoms with Crippen LogP contribution in [0.4, 0.5) is 0 Å². The van der Waals surface area contributed by atoms with E-state index in [2.05, 4.69) is 66.7 Å². The van der Waals surface area contributed by atoms with Gasteiger partial charge < -0.3 is 0 Å². The number of aromatic nitrogens is 4. The average molecular weight is 295 g/mol. The lowest BCUT2D eigenvalue weighted by Crippen LogP contribution is -2.38. The molecule has 19 heavy (non-hydrogen) atoms. The minimum atomic E-state index is -1.14. The smallest absolute Gasteiger partial charge is 0.104 e. The van der Waals surface area contributed by atoms with Crippen molar-refractivity contribution in [3.63, 3.8) is 0 Å². The summed E-state index contributed by atoms with van der Waals surface area (Å²) in [6.45, 7) is 13.8. The number of nitrogens with zero attached hydrogens (tertiary/aromatic N) is 3. The summed E-state index contributed by atoms with van der Waals surface area (Å²) in [5.41, 5.74) is 0. The van der Waals surface area contributed by atoms with E-state index < -0.39 is 16.1 Å². The maximum absolute atomic E-state index is 4.36. The zero-order chi connectivity index (χ0) is 14.7. The first-order chi connectivity index (χ1) is 8.60. The van der Waals surface area contributed by atoms with E-state index in [-0.39, 0.29) is 0 Å². The van der Waals surface area contributed by atoms with Crippen LogP contribution in [0, 0.1) is 0 Å². The molecule has 0 unspecified atom stereocenters. The molecule has 0 saturated heterocycles. The molecule has 0 aliphatic rings. The highest BCUT2D eigenvalue weighted by Crippen LogP contribution is 1.98. The Morgan fingerprint density at radius 2 is 1.63 bits per heavy atom. The van der Waals surface area contributed by atoms with Crippen LogP contribution in [-0.2, 0) is 7.05 Å². The van der Waals surface area contributed by atoms with Gasteiger partial charge in [-0.3, -0.25) is 9.78 Å². The van der Waals surface area contributed by atoms with Gasteiger partial charge in [0.15, 0.2) is 0 Å². The fourth-order valence-corrected chi connectivity index (χ4v) is 3.50. The summed E-state index contributed by atoms with van der Waals surface area (Å²) in [5, 5.41) is 13.9. The summed E-state index contributed by atoms with van der Waals surface area (Å²) in [4.78, 5) is 0. The first-order valence-corrected chi connectivity index (χ1v) is 13.6. The lowest BCUT2D eigenvalue weighted by molar-refractivity contribution is 0.775. The average Bonchev–Trinajstić information content (AvgIpc) is 2.84. The van der Waals surface area contributed by atoms with Gasteiger partial charge in [-0.25, -0.2) is 0 Å². The number of rotatable bonds is 2. The minimum absolute atomic E-state index is 1.10. The van der Waals surface area contributed by atoms with Crippen molar-refractivity contribution < 1.29 is 0 Å². The standard InChI is InChI=1S/C7H14N2Si.C6H12N2Si/c1-9-6-5-7(8-9)10(2,3)4;1-9(2,3)6-4-5-7-8-6/h5-6H,1-4H3;4-5H,1-3H3,(H,7,8).